The Bertz CT molecular complexity index is 620. The first-order valence-electron chi connectivity index (χ1n) is 6.53. The molecule has 2 aromatic rings. The van der Waals surface area contributed by atoms with Crippen molar-refractivity contribution in [3.8, 4) is 5.75 Å². The van der Waals surface area contributed by atoms with Crippen LogP contribution in [0, 0.1) is 0 Å². The summed E-state index contributed by atoms with van der Waals surface area (Å²) in [6, 6.07) is 2.25. The molecular formula is C14H17N3O2. The Balaban J connectivity index is 1.84. The SMILES string of the molecule is CCC(=O)N[C@@H]1C[C@H]1c1c[nH]c2ncc(OC)cc12. The van der Waals surface area contributed by atoms with Crippen molar-refractivity contribution in [2.75, 3.05) is 7.11 Å². The topological polar surface area (TPSA) is 67.0 Å². The number of carbonyl (C=O) groups is 1. The third-order valence-corrected chi connectivity index (χ3v) is 3.63. The second-order valence-electron chi connectivity index (χ2n) is 4.89. The van der Waals surface area contributed by atoms with Gasteiger partial charge in [-0.05, 0) is 18.1 Å². The monoisotopic (exact) mass is 259 g/mol. The number of amides is 1. The molecular weight excluding hydrogens is 242 g/mol. The number of aromatic nitrogens is 2. The van der Waals surface area contributed by atoms with Gasteiger partial charge in [-0.2, -0.15) is 0 Å². The van der Waals surface area contributed by atoms with Crippen LogP contribution < -0.4 is 10.1 Å². The van der Waals surface area contributed by atoms with Gasteiger partial charge in [-0.25, -0.2) is 4.98 Å². The normalized spacial score (nSPS) is 21.4. The number of H-pyrrole nitrogens is 1. The standard InChI is InChI=1S/C14H17N3O2/c1-3-13(18)17-12-5-9(12)11-7-16-14-10(11)4-8(19-2)6-15-14/h4,6-7,9,12H,3,5H2,1-2H3,(H,15,16)(H,17,18)/t9-,12+/m0/s1. The number of carbonyl (C=O) groups excluding carboxylic acids is 1. The molecule has 3 rings (SSSR count). The minimum absolute atomic E-state index is 0.114. The zero-order chi connectivity index (χ0) is 13.4. The van der Waals surface area contributed by atoms with Gasteiger partial charge >= 0.3 is 0 Å². The smallest absolute Gasteiger partial charge is 0.219 e. The summed E-state index contributed by atoms with van der Waals surface area (Å²) in [5.74, 6) is 1.25. The zero-order valence-corrected chi connectivity index (χ0v) is 11.1. The molecule has 1 amide bonds. The van der Waals surface area contributed by atoms with Crippen molar-refractivity contribution in [2.45, 2.75) is 31.7 Å². The van der Waals surface area contributed by atoms with E-state index in [0.29, 0.717) is 12.3 Å². The molecule has 1 aliphatic carbocycles. The number of hydrogen-bond acceptors (Lipinski definition) is 3. The van der Waals surface area contributed by atoms with Crippen molar-refractivity contribution in [3.63, 3.8) is 0 Å². The van der Waals surface area contributed by atoms with E-state index in [0.717, 1.165) is 23.2 Å². The highest BCUT2D eigenvalue weighted by Gasteiger charge is 2.40. The van der Waals surface area contributed by atoms with E-state index in [9.17, 15) is 4.79 Å². The predicted molar refractivity (Wildman–Crippen MR) is 72.2 cm³/mol. The van der Waals surface area contributed by atoms with Gasteiger partial charge in [0.25, 0.3) is 0 Å². The second kappa shape index (κ2) is 4.57. The summed E-state index contributed by atoms with van der Waals surface area (Å²) >= 11 is 0. The number of fused-ring (bicyclic) bond motifs is 1. The van der Waals surface area contributed by atoms with Crippen LogP contribution in [0.1, 0.15) is 31.2 Å². The first-order chi connectivity index (χ1) is 9.22. The Labute approximate surface area is 111 Å². The average molecular weight is 259 g/mol. The lowest BCUT2D eigenvalue weighted by Crippen LogP contribution is -2.25. The van der Waals surface area contributed by atoms with E-state index in [1.165, 1.54) is 5.56 Å². The molecule has 0 aromatic carbocycles. The van der Waals surface area contributed by atoms with Crippen LogP contribution in [0.25, 0.3) is 11.0 Å². The summed E-state index contributed by atoms with van der Waals surface area (Å²) in [7, 11) is 1.64. The molecule has 2 atom stereocenters. The molecule has 2 N–H and O–H groups in total. The fourth-order valence-electron chi connectivity index (χ4n) is 2.43. The maximum absolute atomic E-state index is 11.4. The summed E-state index contributed by atoms with van der Waals surface area (Å²) in [5, 5.41) is 4.11. The number of pyridine rings is 1. The third kappa shape index (κ3) is 2.16. The fraction of sp³-hybridized carbons (Fsp3) is 0.429. The summed E-state index contributed by atoms with van der Waals surface area (Å²) in [4.78, 5) is 18.9. The summed E-state index contributed by atoms with van der Waals surface area (Å²) in [6.45, 7) is 1.87. The van der Waals surface area contributed by atoms with Crippen molar-refractivity contribution in [1.82, 2.24) is 15.3 Å². The van der Waals surface area contributed by atoms with Crippen LogP contribution in [0.15, 0.2) is 18.5 Å². The zero-order valence-electron chi connectivity index (χ0n) is 11.1. The molecule has 1 saturated carbocycles. The lowest BCUT2D eigenvalue weighted by Gasteiger charge is -2.03. The lowest BCUT2D eigenvalue weighted by atomic mass is 10.1. The first kappa shape index (κ1) is 12.0. The van der Waals surface area contributed by atoms with Crippen molar-refractivity contribution in [2.24, 2.45) is 0 Å². The van der Waals surface area contributed by atoms with Gasteiger partial charge in [-0.15, -0.1) is 0 Å². The summed E-state index contributed by atoms with van der Waals surface area (Å²) in [6.07, 6.45) is 5.22. The molecule has 0 spiro atoms. The van der Waals surface area contributed by atoms with Crippen molar-refractivity contribution < 1.29 is 9.53 Å². The molecule has 19 heavy (non-hydrogen) atoms. The maximum atomic E-state index is 11.4. The molecule has 2 aromatic heterocycles. The van der Waals surface area contributed by atoms with Crippen molar-refractivity contribution in [1.29, 1.82) is 0 Å². The molecule has 5 nitrogen and oxygen atoms in total. The Kier molecular flexibility index (Phi) is 2.89. The van der Waals surface area contributed by atoms with Gasteiger partial charge in [0, 0.05) is 30.0 Å². The number of nitrogens with one attached hydrogen (secondary N) is 2. The quantitative estimate of drug-likeness (QED) is 0.882. The maximum Gasteiger partial charge on any atom is 0.219 e. The van der Waals surface area contributed by atoms with Gasteiger partial charge in [0.15, 0.2) is 0 Å². The minimum Gasteiger partial charge on any atom is -0.495 e. The molecule has 0 saturated heterocycles. The van der Waals surface area contributed by atoms with Crippen molar-refractivity contribution >= 4 is 16.9 Å². The molecule has 0 unspecified atom stereocenters. The summed E-state index contributed by atoms with van der Waals surface area (Å²) < 4.78 is 5.21. The van der Waals surface area contributed by atoms with Gasteiger partial charge in [0.1, 0.15) is 11.4 Å². The van der Waals surface area contributed by atoms with Crippen LogP contribution >= 0.6 is 0 Å². The minimum atomic E-state index is 0.114. The fourth-order valence-corrected chi connectivity index (χ4v) is 2.43. The molecule has 100 valence electrons. The van der Waals surface area contributed by atoms with Crippen molar-refractivity contribution in [3.05, 3.63) is 24.0 Å². The predicted octanol–water partition coefficient (Wildman–Crippen LogP) is 1.95. The molecule has 5 heteroatoms. The molecule has 1 fully saturated rings. The van der Waals surface area contributed by atoms with Crippen LogP contribution in [0.3, 0.4) is 0 Å². The van der Waals surface area contributed by atoms with E-state index in [2.05, 4.69) is 15.3 Å². The highest BCUT2D eigenvalue weighted by Crippen LogP contribution is 2.43. The van der Waals surface area contributed by atoms with Crippen LogP contribution in [0.2, 0.25) is 0 Å². The number of nitrogens with zero attached hydrogens (tertiary/aromatic N) is 1. The molecule has 2 heterocycles. The van der Waals surface area contributed by atoms with Gasteiger partial charge in [-0.1, -0.05) is 6.92 Å². The number of aromatic amines is 1. The van der Waals surface area contributed by atoms with E-state index in [1.54, 1.807) is 13.3 Å². The van der Waals surface area contributed by atoms with Gasteiger partial charge in [-0.3, -0.25) is 4.79 Å². The molecule has 0 radical (unpaired) electrons. The number of ether oxygens (including phenoxy) is 1. The van der Waals surface area contributed by atoms with Gasteiger partial charge in [0.2, 0.25) is 5.91 Å². The van der Waals surface area contributed by atoms with Gasteiger partial charge < -0.3 is 15.0 Å². The van der Waals surface area contributed by atoms with E-state index >= 15 is 0 Å². The Morgan fingerprint density at radius 3 is 3.21 bits per heavy atom. The first-order valence-corrected chi connectivity index (χ1v) is 6.53. The second-order valence-corrected chi connectivity index (χ2v) is 4.89. The summed E-state index contributed by atoms with van der Waals surface area (Å²) in [5.41, 5.74) is 2.08. The van der Waals surface area contributed by atoms with E-state index in [-0.39, 0.29) is 11.9 Å². The van der Waals surface area contributed by atoms with E-state index in [1.807, 2.05) is 19.2 Å². The molecule has 1 aliphatic rings. The number of methoxy groups -OCH3 is 1. The Morgan fingerprint density at radius 1 is 1.63 bits per heavy atom. The van der Waals surface area contributed by atoms with Crippen LogP contribution in [-0.2, 0) is 4.79 Å². The van der Waals surface area contributed by atoms with E-state index in [4.69, 9.17) is 4.74 Å². The Morgan fingerprint density at radius 2 is 2.47 bits per heavy atom. The highest BCUT2D eigenvalue weighted by atomic mass is 16.5. The van der Waals surface area contributed by atoms with Crippen LogP contribution in [0.4, 0.5) is 0 Å². The van der Waals surface area contributed by atoms with Crippen LogP contribution in [0.5, 0.6) is 5.75 Å². The third-order valence-electron chi connectivity index (χ3n) is 3.63. The lowest BCUT2D eigenvalue weighted by molar-refractivity contribution is -0.120. The number of hydrogen-bond donors (Lipinski definition) is 2. The molecule has 0 aliphatic heterocycles. The largest absolute Gasteiger partial charge is 0.495 e. The average Bonchev–Trinajstić information content (AvgIpc) is 3.06. The van der Waals surface area contributed by atoms with E-state index < -0.39 is 0 Å². The Hall–Kier alpha value is -2.04. The number of rotatable bonds is 4. The van der Waals surface area contributed by atoms with Crippen LogP contribution in [-0.4, -0.2) is 29.0 Å². The molecule has 0 bridgehead atoms. The highest BCUT2D eigenvalue weighted by molar-refractivity contribution is 5.83. The van der Waals surface area contributed by atoms with Gasteiger partial charge in [0.05, 0.1) is 13.3 Å².